The van der Waals surface area contributed by atoms with Crippen LogP contribution in [0, 0.1) is 5.92 Å². The third kappa shape index (κ3) is 3.12. The van der Waals surface area contributed by atoms with Crippen LogP contribution in [0.2, 0.25) is 5.02 Å². The zero-order valence-electron chi connectivity index (χ0n) is 7.88. The summed E-state index contributed by atoms with van der Waals surface area (Å²) in [4.78, 5) is 1.01. The molecule has 0 saturated heterocycles. The quantitative estimate of drug-likeness (QED) is 0.615. The minimum Gasteiger partial charge on any atom is -0.398 e. The third-order valence-electron chi connectivity index (χ3n) is 1.56. The molecule has 0 amide bonds. The van der Waals surface area contributed by atoms with E-state index in [0.29, 0.717) is 5.92 Å². The van der Waals surface area contributed by atoms with E-state index in [1.54, 1.807) is 11.8 Å². The average Bonchev–Trinajstić information content (AvgIpc) is 2.03. The number of nitrogens with two attached hydrogens (primary N) is 1. The summed E-state index contributed by atoms with van der Waals surface area (Å²) in [6, 6.07) is 5.63. The van der Waals surface area contributed by atoms with Crippen molar-refractivity contribution in [1.82, 2.24) is 0 Å². The van der Waals surface area contributed by atoms with Gasteiger partial charge in [-0.3, -0.25) is 0 Å². The van der Waals surface area contributed by atoms with Gasteiger partial charge < -0.3 is 5.73 Å². The Morgan fingerprint density at radius 2 is 2.15 bits per heavy atom. The fourth-order valence-electron chi connectivity index (χ4n) is 0.928. The molecule has 0 radical (unpaired) electrons. The number of anilines is 1. The summed E-state index contributed by atoms with van der Waals surface area (Å²) in [7, 11) is 0. The second kappa shape index (κ2) is 4.77. The van der Waals surface area contributed by atoms with Gasteiger partial charge in [0.05, 0.1) is 5.02 Å². The molecular weight excluding hydrogens is 202 g/mol. The van der Waals surface area contributed by atoms with Gasteiger partial charge in [0.1, 0.15) is 0 Å². The van der Waals surface area contributed by atoms with Crippen LogP contribution in [-0.4, -0.2) is 5.75 Å². The topological polar surface area (TPSA) is 26.0 Å². The van der Waals surface area contributed by atoms with Gasteiger partial charge in [-0.05, 0) is 18.1 Å². The first-order chi connectivity index (χ1) is 6.11. The SMILES string of the molecule is CC(C)CSc1c(N)cccc1Cl. The lowest BCUT2D eigenvalue weighted by Gasteiger charge is -2.08. The lowest BCUT2D eigenvalue weighted by molar-refractivity contribution is 0.750. The molecule has 0 aliphatic rings. The van der Waals surface area contributed by atoms with Crippen LogP contribution in [0.4, 0.5) is 5.69 Å². The van der Waals surface area contributed by atoms with Crippen LogP contribution in [0.25, 0.3) is 0 Å². The normalized spacial score (nSPS) is 10.8. The highest BCUT2D eigenvalue weighted by atomic mass is 35.5. The second-order valence-corrected chi connectivity index (χ2v) is 4.80. The molecule has 0 aromatic heterocycles. The van der Waals surface area contributed by atoms with Crippen molar-refractivity contribution in [2.24, 2.45) is 5.92 Å². The fourth-order valence-corrected chi connectivity index (χ4v) is 2.21. The Morgan fingerprint density at radius 1 is 1.46 bits per heavy atom. The maximum Gasteiger partial charge on any atom is 0.0562 e. The predicted octanol–water partition coefficient (Wildman–Crippen LogP) is 3.67. The van der Waals surface area contributed by atoms with E-state index in [4.69, 9.17) is 17.3 Å². The summed E-state index contributed by atoms with van der Waals surface area (Å²) in [5.74, 6) is 1.70. The lowest BCUT2D eigenvalue weighted by Crippen LogP contribution is -1.94. The maximum atomic E-state index is 6.01. The van der Waals surface area contributed by atoms with Crippen LogP contribution in [-0.2, 0) is 0 Å². The van der Waals surface area contributed by atoms with Crippen LogP contribution in [0.5, 0.6) is 0 Å². The van der Waals surface area contributed by atoms with Crippen LogP contribution in [0.15, 0.2) is 23.1 Å². The summed E-state index contributed by atoms with van der Waals surface area (Å²) < 4.78 is 0. The van der Waals surface area contributed by atoms with Gasteiger partial charge in [0.25, 0.3) is 0 Å². The molecule has 2 N–H and O–H groups in total. The molecular formula is C10H14ClNS. The predicted molar refractivity (Wildman–Crippen MR) is 61.4 cm³/mol. The van der Waals surface area contributed by atoms with E-state index in [9.17, 15) is 0 Å². The van der Waals surface area contributed by atoms with Crippen molar-refractivity contribution in [2.75, 3.05) is 11.5 Å². The van der Waals surface area contributed by atoms with Crippen molar-refractivity contribution in [2.45, 2.75) is 18.7 Å². The molecule has 0 fully saturated rings. The number of thioether (sulfide) groups is 1. The standard InChI is InChI=1S/C10H14ClNS/c1-7(2)6-13-10-8(11)4-3-5-9(10)12/h3-5,7H,6,12H2,1-2H3. The van der Waals surface area contributed by atoms with Crippen LogP contribution < -0.4 is 5.73 Å². The molecule has 0 atom stereocenters. The number of benzene rings is 1. The molecule has 0 aliphatic heterocycles. The highest BCUT2D eigenvalue weighted by Gasteiger charge is 2.05. The van der Waals surface area contributed by atoms with Gasteiger partial charge in [-0.1, -0.05) is 31.5 Å². The van der Waals surface area contributed by atoms with Crippen molar-refractivity contribution < 1.29 is 0 Å². The Hall–Kier alpha value is -0.340. The van der Waals surface area contributed by atoms with E-state index < -0.39 is 0 Å². The van der Waals surface area contributed by atoms with Crippen LogP contribution >= 0.6 is 23.4 Å². The molecule has 1 rings (SSSR count). The van der Waals surface area contributed by atoms with Gasteiger partial charge in [-0.15, -0.1) is 11.8 Å². The number of hydrogen-bond donors (Lipinski definition) is 1. The first-order valence-electron chi connectivity index (χ1n) is 4.28. The van der Waals surface area contributed by atoms with Gasteiger partial charge >= 0.3 is 0 Å². The molecule has 1 aromatic carbocycles. The Kier molecular flexibility index (Phi) is 3.94. The molecule has 3 heteroatoms. The van der Waals surface area contributed by atoms with Gasteiger partial charge in [0, 0.05) is 16.3 Å². The summed E-state index contributed by atoms with van der Waals surface area (Å²) in [5, 5.41) is 0.755. The zero-order valence-corrected chi connectivity index (χ0v) is 9.45. The number of nitrogen functional groups attached to an aromatic ring is 1. The van der Waals surface area contributed by atoms with E-state index in [-0.39, 0.29) is 0 Å². The third-order valence-corrected chi connectivity index (χ3v) is 3.56. The Bertz CT molecular complexity index is 266. The van der Waals surface area contributed by atoms with Crippen molar-refractivity contribution in [3.63, 3.8) is 0 Å². The van der Waals surface area contributed by atoms with Gasteiger partial charge in [0.15, 0.2) is 0 Å². The van der Waals surface area contributed by atoms with E-state index in [1.165, 1.54) is 0 Å². The summed E-state index contributed by atoms with van der Waals surface area (Å²) in [6.07, 6.45) is 0. The molecule has 72 valence electrons. The van der Waals surface area contributed by atoms with Crippen molar-refractivity contribution in [3.05, 3.63) is 23.2 Å². The highest BCUT2D eigenvalue weighted by molar-refractivity contribution is 7.99. The lowest BCUT2D eigenvalue weighted by atomic mass is 10.3. The second-order valence-electron chi connectivity index (χ2n) is 3.36. The molecule has 0 saturated carbocycles. The molecule has 13 heavy (non-hydrogen) atoms. The molecule has 1 aromatic rings. The maximum absolute atomic E-state index is 6.01. The van der Waals surface area contributed by atoms with Gasteiger partial charge in [0.2, 0.25) is 0 Å². The Balaban J connectivity index is 2.75. The Labute approximate surface area is 88.7 Å². The summed E-state index contributed by atoms with van der Waals surface area (Å²) >= 11 is 7.74. The number of hydrogen-bond acceptors (Lipinski definition) is 2. The Morgan fingerprint density at radius 3 is 2.69 bits per heavy atom. The van der Waals surface area contributed by atoms with E-state index in [1.807, 2.05) is 18.2 Å². The summed E-state index contributed by atoms with van der Waals surface area (Å²) in [6.45, 7) is 4.36. The molecule has 0 unspecified atom stereocenters. The first-order valence-corrected chi connectivity index (χ1v) is 5.64. The highest BCUT2D eigenvalue weighted by Crippen LogP contribution is 2.33. The number of rotatable bonds is 3. The fraction of sp³-hybridized carbons (Fsp3) is 0.400. The molecule has 0 bridgehead atoms. The first kappa shape index (κ1) is 10.7. The largest absolute Gasteiger partial charge is 0.398 e. The number of halogens is 1. The van der Waals surface area contributed by atoms with E-state index >= 15 is 0 Å². The minimum atomic E-state index is 0.653. The smallest absolute Gasteiger partial charge is 0.0562 e. The molecule has 0 heterocycles. The van der Waals surface area contributed by atoms with Crippen LogP contribution in [0.3, 0.4) is 0 Å². The molecule has 0 aliphatic carbocycles. The van der Waals surface area contributed by atoms with Crippen molar-refractivity contribution in [3.8, 4) is 0 Å². The minimum absolute atomic E-state index is 0.653. The van der Waals surface area contributed by atoms with Crippen LogP contribution in [0.1, 0.15) is 13.8 Å². The monoisotopic (exact) mass is 215 g/mol. The average molecular weight is 216 g/mol. The summed E-state index contributed by atoms with van der Waals surface area (Å²) in [5.41, 5.74) is 6.58. The van der Waals surface area contributed by atoms with E-state index in [0.717, 1.165) is 21.4 Å². The van der Waals surface area contributed by atoms with Gasteiger partial charge in [-0.25, -0.2) is 0 Å². The van der Waals surface area contributed by atoms with E-state index in [2.05, 4.69) is 13.8 Å². The molecule has 0 spiro atoms. The molecule has 1 nitrogen and oxygen atoms in total. The van der Waals surface area contributed by atoms with Crippen molar-refractivity contribution >= 4 is 29.1 Å². The van der Waals surface area contributed by atoms with Gasteiger partial charge in [-0.2, -0.15) is 0 Å². The van der Waals surface area contributed by atoms with Crippen molar-refractivity contribution in [1.29, 1.82) is 0 Å². The zero-order chi connectivity index (χ0) is 9.84.